The molecule has 3 nitrogen and oxygen atoms in total. The Morgan fingerprint density at radius 1 is 1.58 bits per heavy atom. The van der Waals surface area contributed by atoms with E-state index in [1.54, 1.807) is 6.20 Å². The predicted molar refractivity (Wildman–Crippen MR) is 55.0 cm³/mol. The SMILES string of the molecule is Nc1cnc(I)c(OC2CC2)c1. The zero-order chi connectivity index (χ0) is 8.55. The molecule has 0 spiro atoms. The molecule has 1 fully saturated rings. The number of nitrogen functional groups attached to an aromatic ring is 1. The Hall–Kier alpha value is -0.520. The van der Waals surface area contributed by atoms with Crippen LogP contribution in [0.5, 0.6) is 5.75 Å². The molecular weight excluding hydrogens is 267 g/mol. The van der Waals surface area contributed by atoms with Crippen LogP contribution in [0.4, 0.5) is 5.69 Å². The summed E-state index contributed by atoms with van der Waals surface area (Å²) in [5, 5.41) is 0. The van der Waals surface area contributed by atoms with Gasteiger partial charge in [-0.05, 0) is 35.4 Å². The van der Waals surface area contributed by atoms with E-state index in [1.807, 2.05) is 6.07 Å². The second kappa shape index (κ2) is 3.08. The Balaban J connectivity index is 2.21. The van der Waals surface area contributed by atoms with Crippen molar-refractivity contribution in [2.75, 3.05) is 5.73 Å². The highest BCUT2D eigenvalue weighted by atomic mass is 127. The molecular formula is C8H9IN2O. The molecule has 0 bridgehead atoms. The number of hydrogen-bond acceptors (Lipinski definition) is 3. The van der Waals surface area contributed by atoms with E-state index in [9.17, 15) is 0 Å². The third-order valence-corrected chi connectivity index (χ3v) is 2.46. The van der Waals surface area contributed by atoms with E-state index in [2.05, 4.69) is 27.6 Å². The molecule has 12 heavy (non-hydrogen) atoms. The van der Waals surface area contributed by atoms with Gasteiger partial charge in [0, 0.05) is 6.07 Å². The standard InChI is InChI=1S/C8H9IN2O/c9-8-7(12-6-1-2-6)3-5(10)4-11-8/h3-4,6H,1-2,10H2. The van der Waals surface area contributed by atoms with Gasteiger partial charge in [0.05, 0.1) is 18.0 Å². The van der Waals surface area contributed by atoms with Crippen LogP contribution in [0.15, 0.2) is 12.3 Å². The molecule has 1 saturated carbocycles. The molecule has 1 aliphatic carbocycles. The third kappa shape index (κ3) is 1.80. The van der Waals surface area contributed by atoms with E-state index in [4.69, 9.17) is 10.5 Å². The van der Waals surface area contributed by atoms with Crippen molar-refractivity contribution in [1.29, 1.82) is 0 Å². The van der Waals surface area contributed by atoms with Crippen LogP contribution in [0.2, 0.25) is 0 Å². The molecule has 0 amide bonds. The van der Waals surface area contributed by atoms with E-state index in [1.165, 1.54) is 0 Å². The van der Waals surface area contributed by atoms with E-state index < -0.39 is 0 Å². The molecule has 0 unspecified atom stereocenters. The van der Waals surface area contributed by atoms with Gasteiger partial charge in [-0.1, -0.05) is 0 Å². The Bertz CT molecular complexity index is 299. The lowest BCUT2D eigenvalue weighted by Crippen LogP contribution is -2.00. The van der Waals surface area contributed by atoms with Crippen molar-refractivity contribution >= 4 is 28.3 Å². The first-order valence-electron chi connectivity index (χ1n) is 3.83. The van der Waals surface area contributed by atoms with Crippen LogP contribution in [0, 0.1) is 3.70 Å². The minimum atomic E-state index is 0.405. The van der Waals surface area contributed by atoms with E-state index in [-0.39, 0.29) is 0 Å². The third-order valence-electron chi connectivity index (χ3n) is 1.65. The lowest BCUT2D eigenvalue weighted by molar-refractivity contribution is 0.299. The van der Waals surface area contributed by atoms with Crippen molar-refractivity contribution in [2.45, 2.75) is 18.9 Å². The fraction of sp³-hybridized carbons (Fsp3) is 0.375. The van der Waals surface area contributed by atoms with Crippen molar-refractivity contribution in [2.24, 2.45) is 0 Å². The molecule has 2 rings (SSSR count). The Morgan fingerprint density at radius 2 is 2.33 bits per heavy atom. The van der Waals surface area contributed by atoms with Crippen LogP contribution in [0.3, 0.4) is 0 Å². The second-order valence-corrected chi connectivity index (χ2v) is 3.90. The predicted octanol–water partition coefficient (Wildman–Crippen LogP) is 1.81. The summed E-state index contributed by atoms with van der Waals surface area (Å²) in [7, 11) is 0. The maximum Gasteiger partial charge on any atom is 0.153 e. The van der Waals surface area contributed by atoms with Gasteiger partial charge in [0.15, 0.2) is 5.75 Å². The molecule has 0 aromatic carbocycles. The molecule has 1 aromatic heterocycles. The molecule has 0 aliphatic heterocycles. The molecule has 4 heteroatoms. The van der Waals surface area contributed by atoms with Crippen LogP contribution in [0.25, 0.3) is 0 Å². The fourth-order valence-electron chi connectivity index (χ4n) is 0.891. The van der Waals surface area contributed by atoms with Crippen LogP contribution < -0.4 is 10.5 Å². The maximum absolute atomic E-state index is 5.59. The average Bonchev–Trinajstić information content (AvgIpc) is 2.81. The molecule has 2 N–H and O–H groups in total. The van der Waals surface area contributed by atoms with E-state index >= 15 is 0 Å². The van der Waals surface area contributed by atoms with Crippen LogP contribution in [0.1, 0.15) is 12.8 Å². The first-order valence-corrected chi connectivity index (χ1v) is 4.91. The second-order valence-electron chi connectivity index (χ2n) is 2.87. The molecule has 1 aromatic rings. The fourth-order valence-corrected chi connectivity index (χ4v) is 1.31. The van der Waals surface area contributed by atoms with Crippen molar-refractivity contribution in [1.82, 2.24) is 4.98 Å². The molecule has 64 valence electrons. The smallest absolute Gasteiger partial charge is 0.153 e. The van der Waals surface area contributed by atoms with Gasteiger partial charge < -0.3 is 10.5 Å². The van der Waals surface area contributed by atoms with Gasteiger partial charge >= 0.3 is 0 Å². The van der Waals surface area contributed by atoms with Gasteiger partial charge in [0.25, 0.3) is 0 Å². The maximum atomic E-state index is 5.59. The first-order chi connectivity index (χ1) is 5.75. The Kier molecular flexibility index (Phi) is 2.08. The summed E-state index contributed by atoms with van der Waals surface area (Å²) in [4.78, 5) is 4.10. The van der Waals surface area contributed by atoms with Gasteiger partial charge in [-0.3, -0.25) is 0 Å². The number of rotatable bonds is 2. The summed E-state index contributed by atoms with van der Waals surface area (Å²) in [5.74, 6) is 0.818. The first kappa shape index (κ1) is 8.10. The number of hydrogen-bond donors (Lipinski definition) is 1. The molecule has 1 heterocycles. The van der Waals surface area contributed by atoms with Crippen molar-refractivity contribution < 1.29 is 4.74 Å². The van der Waals surface area contributed by atoms with Crippen LogP contribution in [-0.2, 0) is 0 Å². The van der Waals surface area contributed by atoms with E-state index in [0.717, 1.165) is 22.3 Å². The van der Waals surface area contributed by atoms with Gasteiger partial charge in [0.2, 0.25) is 0 Å². The minimum Gasteiger partial charge on any atom is -0.488 e. The van der Waals surface area contributed by atoms with Crippen molar-refractivity contribution in [3.8, 4) is 5.75 Å². The summed E-state index contributed by atoms with van der Waals surface area (Å²) in [6.07, 6.45) is 4.36. The van der Waals surface area contributed by atoms with Crippen molar-refractivity contribution in [3.63, 3.8) is 0 Å². The highest BCUT2D eigenvalue weighted by Crippen LogP contribution is 2.29. The highest BCUT2D eigenvalue weighted by molar-refractivity contribution is 14.1. The van der Waals surface area contributed by atoms with Crippen molar-refractivity contribution in [3.05, 3.63) is 16.0 Å². The van der Waals surface area contributed by atoms with Gasteiger partial charge in [-0.25, -0.2) is 4.98 Å². The number of ether oxygens (including phenoxy) is 1. The number of pyridine rings is 1. The van der Waals surface area contributed by atoms with Crippen LogP contribution in [-0.4, -0.2) is 11.1 Å². The summed E-state index contributed by atoms with van der Waals surface area (Å²) in [6.45, 7) is 0. The molecule has 1 aliphatic rings. The summed E-state index contributed by atoms with van der Waals surface area (Å²) in [6, 6.07) is 1.83. The number of nitrogens with zero attached hydrogens (tertiary/aromatic N) is 1. The Labute approximate surface area is 84.5 Å². The van der Waals surface area contributed by atoms with Gasteiger partial charge in [-0.15, -0.1) is 0 Å². The minimum absolute atomic E-state index is 0.405. The van der Waals surface area contributed by atoms with Crippen LogP contribution >= 0.6 is 22.6 Å². The lowest BCUT2D eigenvalue weighted by atomic mass is 10.4. The zero-order valence-corrected chi connectivity index (χ0v) is 8.61. The zero-order valence-electron chi connectivity index (χ0n) is 6.46. The number of anilines is 1. The number of aromatic nitrogens is 1. The number of halogens is 1. The van der Waals surface area contributed by atoms with Gasteiger partial charge in [-0.2, -0.15) is 0 Å². The molecule has 0 saturated heterocycles. The monoisotopic (exact) mass is 276 g/mol. The Morgan fingerprint density at radius 3 is 3.00 bits per heavy atom. The number of nitrogens with two attached hydrogens (primary N) is 1. The quantitative estimate of drug-likeness (QED) is 0.662. The normalized spacial score (nSPS) is 16.1. The summed E-state index contributed by atoms with van der Waals surface area (Å²) >= 11 is 2.15. The van der Waals surface area contributed by atoms with E-state index in [0.29, 0.717) is 11.8 Å². The largest absolute Gasteiger partial charge is 0.488 e. The molecule has 0 atom stereocenters. The summed E-state index contributed by atoms with van der Waals surface area (Å²) < 4.78 is 6.47. The summed E-state index contributed by atoms with van der Waals surface area (Å²) in [5.41, 5.74) is 6.24. The lowest BCUT2D eigenvalue weighted by Gasteiger charge is -2.05. The molecule has 0 radical (unpaired) electrons. The highest BCUT2D eigenvalue weighted by Gasteiger charge is 2.24. The topological polar surface area (TPSA) is 48.1 Å². The average molecular weight is 276 g/mol. The van der Waals surface area contributed by atoms with Gasteiger partial charge in [0.1, 0.15) is 3.70 Å².